The molecular formula is C47H39IrN3SSi-2. The van der Waals surface area contributed by atoms with Gasteiger partial charge in [-0.05, 0) is 56.6 Å². The van der Waals surface area contributed by atoms with Crippen LogP contribution in [-0.2, 0) is 26.7 Å². The molecule has 53 heavy (non-hydrogen) atoms. The van der Waals surface area contributed by atoms with Crippen LogP contribution in [0, 0.1) is 19.0 Å². The van der Waals surface area contributed by atoms with Gasteiger partial charge < -0.3 is 9.55 Å². The third-order valence-corrected chi connectivity index (χ3v) is 12.6. The fourth-order valence-corrected chi connectivity index (χ4v) is 8.91. The number of hydrogen-bond donors (Lipinski definition) is 0. The minimum atomic E-state index is -2.11. The Balaban J connectivity index is 0.000000238. The molecule has 3 aromatic heterocycles. The standard InChI is InChI=1S/C33H23N2S.C14H16NSi.Ir/c1-22-17-19-24(20-18-22)25-11-7-12-26-27-13-8-14-28(32(27)36-31(25)26)33-34-29-15-5-6-16-30(29)35(33)21-23-9-3-2-4-10-23;1-16(2,3)13-9-10-14(15-11-13)12-7-5-4-6-8-12;/h2-13,15-20H,21H2,1H3;4-7,9-11H,1-3H3;/q2*-1;/i1D3;;. The quantitative estimate of drug-likeness (QED) is 0.123. The van der Waals surface area contributed by atoms with E-state index in [1.807, 2.05) is 60.8 Å². The van der Waals surface area contributed by atoms with Crippen LogP contribution in [0.3, 0.4) is 0 Å². The van der Waals surface area contributed by atoms with Gasteiger partial charge >= 0.3 is 0 Å². The minimum absolute atomic E-state index is 0. The average molecular weight is 901 g/mol. The molecule has 0 aliphatic rings. The Hall–Kier alpha value is -4.97. The molecular weight excluding hydrogens is 859 g/mol. The van der Waals surface area contributed by atoms with Crippen molar-refractivity contribution in [2.45, 2.75) is 33.0 Å². The van der Waals surface area contributed by atoms with Gasteiger partial charge in [-0.25, -0.2) is 0 Å². The van der Waals surface area contributed by atoms with Gasteiger partial charge in [-0.15, -0.1) is 54.1 Å². The van der Waals surface area contributed by atoms with Crippen LogP contribution in [0.1, 0.15) is 15.2 Å². The third-order valence-electron chi connectivity index (χ3n) is 9.33. The molecule has 0 aliphatic heterocycles. The monoisotopic (exact) mass is 901 g/mol. The Morgan fingerprint density at radius 1 is 0.717 bits per heavy atom. The second-order valence-corrected chi connectivity index (χ2v) is 20.0. The number of hydrogen-bond acceptors (Lipinski definition) is 3. The van der Waals surface area contributed by atoms with Crippen molar-refractivity contribution in [3.63, 3.8) is 0 Å². The number of benzene rings is 6. The van der Waals surface area contributed by atoms with Crippen LogP contribution < -0.4 is 5.19 Å². The second kappa shape index (κ2) is 15.6. The van der Waals surface area contributed by atoms with E-state index in [0.717, 1.165) is 49.5 Å². The van der Waals surface area contributed by atoms with Crippen molar-refractivity contribution in [1.29, 1.82) is 0 Å². The predicted octanol–water partition coefficient (Wildman–Crippen LogP) is 12.0. The molecule has 3 nitrogen and oxygen atoms in total. The number of fused-ring (bicyclic) bond motifs is 4. The number of aromatic nitrogens is 3. The number of pyridine rings is 1. The summed E-state index contributed by atoms with van der Waals surface area (Å²) >= 11 is 1.74. The molecule has 9 aromatic rings. The Kier molecular flexibility index (Phi) is 9.59. The van der Waals surface area contributed by atoms with Crippen molar-refractivity contribution in [3.05, 3.63) is 175 Å². The summed E-state index contributed by atoms with van der Waals surface area (Å²) in [5, 5.41) is 3.74. The molecule has 0 amide bonds. The van der Waals surface area contributed by atoms with Crippen molar-refractivity contribution in [3.8, 4) is 33.8 Å². The van der Waals surface area contributed by atoms with E-state index in [9.17, 15) is 0 Å². The van der Waals surface area contributed by atoms with Gasteiger partial charge in [0.1, 0.15) is 0 Å². The Morgan fingerprint density at radius 2 is 1.49 bits per heavy atom. The maximum atomic E-state index is 7.71. The Morgan fingerprint density at radius 3 is 2.23 bits per heavy atom. The molecule has 0 atom stereocenters. The van der Waals surface area contributed by atoms with Gasteiger partial charge in [-0.2, -0.15) is 11.3 Å². The van der Waals surface area contributed by atoms with E-state index in [2.05, 4.69) is 120 Å². The van der Waals surface area contributed by atoms with Crippen molar-refractivity contribution in [1.82, 2.24) is 14.5 Å². The molecule has 0 fully saturated rings. The number of thiophene rings is 1. The van der Waals surface area contributed by atoms with Crippen LogP contribution in [-0.4, -0.2) is 22.6 Å². The molecule has 0 bridgehead atoms. The van der Waals surface area contributed by atoms with Crippen LogP contribution in [0.2, 0.25) is 19.6 Å². The summed E-state index contributed by atoms with van der Waals surface area (Å²) < 4.78 is 27.7. The average Bonchev–Trinajstić information content (AvgIpc) is 3.77. The van der Waals surface area contributed by atoms with Crippen molar-refractivity contribution in [2.75, 3.05) is 0 Å². The van der Waals surface area contributed by atoms with Crippen LogP contribution in [0.4, 0.5) is 0 Å². The molecule has 0 aliphatic carbocycles. The predicted molar refractivity (Wildman–Crippen MR) is 224 cm³/mol. The fraction of sp³-hybridized carbons (Fsp3) is 0.106. The van der Waals surface area contributed by atoms with Crippen molar-refractivity contribution >= 4 is 55.8 Å². The van der Waals surface area contributed by atoms with Gasteiger partial charge in [0.25, 0.3) is 0 Å². The van der Waals surface area contributed by atoms with E-state index in [0.29, 0.717) is 12.1 Å². The van der Waals surface area contributed by atoms with Gasteiger partial charge in [0, 0.05) is 41.7 Å². The van der Waals surface area contributed by atoms with Crippen molar-refractivity contribution < 1.29 is 24.2 Å². The number of aryl methyl sites for hydroxylation is 1. The smallest absolute Gasteiger partial charge is 0.0795 e. The van der Waals surface area contributed by atoms with Crippen LogP contribution in [0.25, 0.3) is 65.0 Å². The summed E-state index contributed by atoms with van der Waals surface area (Å²) in [4.78, 5) is 9.62. The Labute approximate surface area is 334 Å². The minimum Gasteiger partial charge on any atom is -0.360 e. The molecule has 0 saturated carbocycles. The van der Waals surface area contributed by atoms with Gasteiger partial charge in [0.05, 0.1) is 24.9 Å². The second-order valence-electron chi connectivity index (χ2n) is 13.9. The first-order valence-corrected chi connectivity index (χ1v) is 21.8. The van der Waals surface area contributed by atoms with E-state index >= 15 is 0 Å². The number of nitrogens with zero attached hydrogens (tertiary/aromatic N) is 3. The molecule has 0 N–H and O–H groups in total. The molecule has 0 saturated heterocycles. The molecule has 0 spiro atoms. The molecule has 3 heterocycles. The van der Waals surface area contributed by atoms with Crippen LogP contribution in [0.15, 0.2) is 152 Å². The molecule has 0 unspecified atom stereocenters. The van der Waals surface area contributed by atoms with E-state index in [-0.39, 0.29) is 20.1 Å². The summed E-state index contributed by atoms with van der Waals surface area (Å²) in [6.07, 6.45) is 2.02. The first kappa shape index (κ1) is 32.7. The summed E-state index contributed by atoms with van der Waals surface area (Å²) in [6, 6.07) is 55.4. The Bertz CT molecular complexity index is 2740. The van der Waals surface area contributed by atoms with Crippen molar-refractivity contribution in [2.24, 2.45) is 0 Å². The summed E-state index contributed by atoms with van der Waals surface area (Å²) in [5.74, 6) is 0.904. The summed E-state index contributed by atoms with van der Waals surface area (Å²) in [5.41, 5.74) is 8.77. The normalized spacial score (nSPS) is 12.4. The topological polar surface area (TPSA) is 30.7 Å². The maximum absolute atomic E-state index is 7.71. The van der Waals surface area contributed by atoms with E-state index in [4.69, 9.17) is 9.10 Å². The summed E-state index contributed by atoms with van der Waals surface area (Å²) in [7, 11) is -1.23. The first-order valence-electron chi connectivity index (χ1n) is 18.9. The number of para-hydroxylation sites is 2. The van der Waals surface area contributed by atoms with Crippen LogP contribution >= 0.6 is 11.3 Å². The van der Waals surface area contributed by atoms with E-state index < -0.39 is 14.9 Å². The number of imidazole rings is 1. The molecule has 6 aromatic carbocycles. The van der Waals surface area contributed by atoms with Gasteiger partial charge in [-0.3, -0.25) is 4.98 Å². The molecule has 263 valence electrons. The SMILES string of the molecule is C[Si](C)(C)c1ccc(-c2[c-]cccc2)nc1.[2H]C([2H])([2H])c1ccc(-c2cccc3c2sc2c(-c4nc5ccccc5n4Cc4ccccc4)[c-]ccc23)cc1.[Ir]. The van der Waals surface area contributed by atoms with E-state index in [1.165, 1.54) is 26.2 Å². The van der Waals surface area contributed by atoms with Gasteiger partial charge in [0.15, 0.2) is 0 Å². The van der Waals surface area contributed by atoms with Gasteiger partial charge in [-0.1, -0.05) is 133 Å². The zero-order chi connectivity index (χ0) is 38.2. The molecule has 9 rings (SSSR count). The first-order chi connectivity index (χ1) is 26.5. The third kappa shape index (κ3) is 7.60. The molecule has 6 heteroatoms. The zero-order valence-electron chi connectivity index (χ0n) is 32.7. The fourth-order valence-electron chi connectivity index (χ4n) is 6.55. The molecule has 1 radical (unpaired) electrons. The zero-order valence-corrected chi connectivity index (χ0v) is 33.9. The largest absolute Gasteiger partial charge is 0.360 e. The number of rotatable bonds is 6. The maximum Gasteiger partial charge on any atom is 0.0795 e. The van der Waals surface area contributed by atoms with Crippen LogP contribution in [0.5, 0.6) is 0 Å². The van der Waals surface area contributed by atoms with E-state index in [1.54, 1.807) is 23.5 Å². The van der Waals surface area contributed by atoms with Gasteiger partial charge in [0.2, 0.25) is 0 Å². The summed E-state index contributed by atoms with van der Waals surface area (Å²) in [6.45, 7) is 5.60.